The molecule has 3 aromatic rings. The molecule has 146 valence electrons. The molecule has 0 radical (unpaired) electrons. The lowest BCUT2D eigenvalue weighted by Gasteiger charge is -2.03. The normalized spacial score (nSPS) is 11.7. The maximum absolute atomic E-state index is 12.4. The molecule has 0 aliphatic rings. The van der Waals surface area contributed by atoms with Gasteiger partial charge in [0.2, 0.25) is 5.91 Å². The molecule has 0 aliphatic carbocycles. The van der Waals surface area contributed by atoms with Gasteiger partial charge in [-0.25, -0.2) is 0 Å². The molecule has 0 aliphatic heterocycles. The van der Waals surface area contributed by atoms with Gasteiger partial charge in [0.25, 0.3) is 0 Å². The first-order chi connectivity index (χ1) is 13.6. The van der Waals surface area contributed by atoms with E-state index in [0.717, 1.165) is 22.4 Å². The number of thioether (sulfide) groups is 1. The van der Waals surface area contributed by atoms with Gasteiger partial charge >= 0.3 is 5.97 Å². The van der Waals surface area contributed by atoms with Crippen molar-refractivity contribution in [2.45, 2.75) is 24.3 Å². The average Bonchev–Trinajstić information content (AvgIpc) is 3.01. The van der Waals surface area contributed by atoms with Crippen LogP contribution in [0, 0.1) is 0 Å². The van der Waals surface area contributed by atoms with Crippen LogP contribution in [0.1, 0.15) is 12.8 Å². The van der Waals surface area contributed by atoms with Crippen LogP contribution in [-0.4, -0.2) is 29.3 Å². The number of nitrogens with zero attached hydrogens (tertiary/aromatic N) is 2. The molecule has 8 heteroatoms. The number of amides is 1. The van der Waals surface area contributed by atoms with E-state index in [1.54, 1.807) is 28.5 Å². The number of carbonyl (C=O) groups excluding carboxylic acids is 2. The molecule has 1 aromatic heterocycles. The Morgan fingerprint density at radius 2 is 2.00 bits per heavy atom. The number of thiazole rings is 1. The van der Waals surface area contributed by atoms with Gasteiger partial charge in [0, 0.05) is 16.3 Å². The number of aromatic nitrogens is 1. The molecular formula is C20H19ClN2O3S2. The Hall–Kier alpha value is -2.09. The number of hydrogen-bond acceptors (Lipinski definition) is 5. The number of carbonyl (C=O) groups is 2. The minimum absolute atomic E-state index is 0.00585. The summed E-state index contributed by atoms with van der Waals surface area (Å²) < 4.78 is 7.32. The summed E-state index contributed by atoms with van der Waals surface area (Å²) in [7, 11) is 1.33. The van der Waals surface area contributed by atoms with E-state index in [1.165, 1.54) is 23.3 Å². The maximum atomic E-state index is 12.4. The Balaban J connectivity index is 1.73. The highest BCUT2D eigenvalue weighted by molar-refractivity contribution is 7.99. The quantitative estimate of drug-likeness (QED) is 0.311. The lowest BCUT2D eigenvalue weighted by Crippen LogP contribution is -2.22. The fourth-order valence-electron chi connectivity index (χ4n) is 2.57. The fraction of sp³-hybridized carbons (Fsp3) is 0.250. The zero-order valence-corrected chi connectivity index (χ0v) is 17.6. The van der Waals surface area contributed by atoms with Gasteiger partial charge in [-0.2, -0.15) is 4.99 Å². The number of halogens is 1. The summed E-state index contributed by atoms with van der Waals surface area (Å²) in [6.45, 7) is -0.00585. The number of hydrogen-bond donors (Lipinski definition) is 0. The molecule has 0 atom stereocenters. The third-order valence-electron chi connectivity index (χ3n) is 3.93. The Morgan fingerprint density at radius 1 is 1.21 bits per heavy atom. The number of ether oxygens (including phenoxy) is 1. The third kappa shape index (κ3) is 5.47. The first-order valence-corrected chi connectivity index (χ1v) is 10.9. The summed E-state index contributed by atoms with van der Waals surface area (Å²) in [6.07, 6.45) is 1.09. The first kappa shape index (κ1) is 20.6. The Labute approximate surface area is 176 Å². The lowest BCUT2D eigenvalue weighted by atomic mass is 10.3. The van der Waals surface area contributed by atoms with E-state index < -0.39 is 5.97 Å². The van der Waals surface area contributed by atoms with Crippen LogP contribution in [0.5, 0.6) is 0 Å². The standard InChI is InChI=1S/C20H19ClN2O3S2/c1-26-19(25)13-23-16-10-9-14(21)12-17(16)28-20(23)22-18(24)8-5-11-27-15-6-3-2-4-7-15/h2-4,6-7,9-10,12H,5,8,11,13H2,1H3. The van der Waals surface area contributed by atoms with E-state index in [9.17, 15) is 9.59 Å². The van der Waals surface area contributed by atoms with E-state index in [-0.39, 0.29) is 12.5 Å². The number of rotatable bonds is 7. The van der Waals surface area contributed by atoms with E-state index in [4.69, 9.17) is 16.3 Å². The minimum atomic E-state index is -0.400. The molecule has 28 heavy (non-hydrogen) atoms. The van der Waals surface area contributed by atoms with Crippen LogP contribution < -0.4 is 4.80 Å². The molecule has 0 fully saturated rings. The van der Waals surface area contributed by atoms with Crippen LogP contribution >= 0.6 is 34.7 Å². The molecule has 0 saturated heterocycles. The summed E-state index contributed by atoms with van der Waals surface area (Å²) in [6, 6.07) is 15.4. The van der Waals surface area contributed by atoms with Crippen LogP contribution in [0.2, 0.25) is 5.02 Å². The Bertz CT molecular complexity index is 1040. The van der Waals surface area contributed by atoms with Crippen molar-refractivity contribution < 1.29 is 14.3 Å². The summed E-state index contributed by atoms with van der Waals surface area (Å²) >= 11 is 9.11. The van der Waals surface area contributed by atoms with Crippen molar-refractivity contribution in [3.05, 3.63) is 58.4 Å². The van der Waals surface area contributed by atoms with Crippen LogP contribution in [0.4, 0.5) is 0 Å². The van der Waals surface area contributed by atoms with Crippen molar-refractivity contribution in [2.24, 2.45) is 4.99 Å². The van der Waals surface area contributed by atoms with E-state index in [1.807, 2.05) is 24.3 Å². The van der Waals surface area contributed by atoms with Gasteiger partial charge in [0.15, 0.2) is 4.80 Å². The second-order valence-corrected chi connectivity index (χ2v) is 8.54. The van der Waals surface area contributed by atoms with Crippen molar-refractivity contribution in [3.8, 4) is 0 Å². The maximum Gasteiger partial charge on any atom is 0.325 e. The van der Waals surface area contributed by atoms with Crippen molar-refractivity contribution in [3.63, 3.8) is 0 Å². The first-order valence-electron chi connectivity index (χ1n) is 8.68. The molecule has 0 spiro atoms. The zero-order valence-electron chi connectivity index (χ0n) is 15.3. The predicted molar refractivity (Wildman–Crippen MR) is 114 cm³/mol. The highest BCUT2D eigenvalue weighted by Crippen LogP contribution is 2.22. The second kappa shape index (κ2) is 9.91. The third-order valence-corrected chi connectivity index (χ3v) is 6.30. The van der Waals surface area contributed by atoms with Crippen LogP contribution in [0.15, 0.2) is 58.4 Å². The SMILES string of the molecule is COC(=O)Cn1c(=NC(=O)CCCSc2ccccc2)sc2cc(Cl)ccc21. The molecule has 2 aromatic carbocycles. The van der Waals surface area contributed by atoms with E-state index in [0.29, 0.717) is 16.2 Å². The molecule has 1 amide bonds. The Morgan fingerprint density at radius 3 is 2.75 bits per heavy atom. The summed E-state index contributed by atoms with van der Waals surface area (Å²) in [5.41, 5.74) is 0.797. The van der Waals surface area contributed by atoms with Gasteiger partial charge in [-0.3, -0.25) is 9.59 Å². The molecular weight excluding hydrogens is 416 g/mol. The van der Waals surface area contributed by atoms with Gasteiger partial charge in [-0.15, -0.1) is 11.8 Å². The summed E-state index contributed by atoms with van der Waals surface area (Å²) in [5, 5.41) is 0.592. The second-order valence-electron chi connectivity index (χ2n) is 5.93. The topological polar surface area (TPSA) is 60.7 Å². The number of fused-ring (bicyclic) bond motifs is 1. The van der Waals surface area contributed by atoms with Crippen LogP contribution in [0.25, 0.3) is 10.2 Å². The summed E-state index contributed by atoms with van der Waals surface area (Å²) in [5.74, 6) is 0.239. The predicted octanol–water partition coefficient (Wildman–Crippen LogP) is 4.53. The van der Waals surface area contributed by atoms with Gasteiger partial charge < -0.3 is 9.30 Å². The highest BCUT2D eigenvalue weighted by atomic mass is 35.5. The van der Waals surface area contributed by atoms with Crippen LogP contribution in [0.3, 0.4) is 0 Å². The summed E-state index contributed by atoms with van der Waals surface area (Å²) in [4.78, 5) is 30.0. The molecule has 0 bridgehead atoms. The van der Waals surface area contributed by atoms with Crippen molar-refractivity contribution >= 4 is 56.8 Å². The highest BCUT2D eigenvalue weighted by Gasteiger charge is 2.12. The van der Waals surface area contributed by atoms with E-state index >= 15 is 0 Å². The molecule has 3 rings (SSSR count). The van der Waals surface area contributed by atoms with Gasteiger partial charge in [-0.05, 0) is 42.5 Å². The fourth-order valence-corrected chi connectivity index (χ4v) is 4.77. The van der Waals surface area contributed by atoms with Gasteiger partial charge in [0.1, 0.15) is 6.54 Å². The molecule has 5 nitrogen and oxygen atoms in total. The average molecular weight is 435 g/mol. The lowest BCUT2D eigenvalue weighted by molar-refractivity contribution is -0.141. The van der Waals surface area contributed by atoms with Crippen molar-refractivity contribution in [1.29, 1.82) is 0 Å². The molecule has 0 unspecified atom stereocenters. The molecule has 0 saturated carbocycles. The number of benzene rings is 2. The smallest absolute Gasteiger partial charge is 0.325 e. The number of esters is 1. The Kier molecular flexibility index (Phi) is 7.30. The monoisotopic (exact) mass is 434 g/mol. The van der Waals surface area contributed by atoms with E-state index in [2.05, 4.69) is 17.1 Å². The number of methoxy groups -OCH3 is 1. The van der Waals surface area contributed by atoms with Crippen molar-refractivity contribution in [1.82, 2.24) is 4.57 Å². The van der Waals surface area contributed by atoms with Gasteiger partial charge in [-0.1, -0.05) is 41.1 Å². The van der Waals surface area contributed by atoms with Crippen LogP contribution in [-0.2, 0) is 20.9 Å². The zero-order chi connectivity index (χ0) is 19.9. The van der Waals surface area contributed by atoms with Crippen molar-refractivity contribution in [2.75, 3.05) is 12.9 Å². The molecule has 1 heterocycles. The minimum Gasteiger partial charge on any atom is -0.468 e. The van der Waals surface area contributed by atoms with Gasteiger partial charge in [0.05, 0.1) is 17.3 Å². The molecule has 0 N–H and O–H groups in total. The largest absolute Gasteiger partial charge is 0.468 e.